The lowest BCUT2D eigenvalue weighted by atomic mass is 10.2. The summed E-state index contributed by atoms with van der Waals surface area (Å²) in [5.74, 6) is -2.86. The smallest absolute Gasteiger partial charge is 0.343 e. The maximum absolute atomic E-state index is 10.3. The molecule has 0 radical (unpaired) electrons. The number of hydrogen-bond donors (Lipinski definition) is 2. The van der Waals surface area contributed by atoms with Crippen molar-refractivity contribution in [2.24, 2.45) is 0 Å². The molecule has 0 aliphatic heterocycles. The third-order valence-electron chi connectivity index (χ3n) is 1.10. The van der Waals surface area contributed by atoms with Crippen LogP contribution < -0.4 is 0 Å². The Labute approximate surface area is 69.8 Å². The van der Waals surface area contributed by atoms with Crippen LogP contribution in [-0.4, -0.2) is 22.2 Å². The van der Waals surface area contributed by atoms with Crippen LogP contribution in [0.3, 0.4) is 0 Å². The van der Waals surface area contributed by atoms with Gasteiger partial charge < -0.3 is 10.2 Å². The van der Waals surface area contributed by atoms with Crippen LogP contribution >= 0.6 is 0 Å². The fourth-order valence-electron chi connectivity index (χ4n) is 0.534. The van der Waals surface area contributed by atoms with Gasteiger partial charge in [0.05, 0.1) is 0 Å². The summed E-state index contributed by atoms with van der Waals surface area (Å²) in [5.41, 5.74) is -0.625. The average molecular weight is 170 g/mol. The Bertz CT molecular complexity index is 221. The molecule has 4 nitrogen and oxygen atoms in total. The van der Waals surface area contributed by atoms with Crippen molar-refractivity contribution in [1.82, 2.24) is 0 Å². The lowest BCUT2D eigenvalue weighted by Crippen LogP contribution is -2.10. The third-order valence-corrected chi connectivity index (χ3v) is 1.10. The largest absolute Gasteiger partial charge is 0.477 e. The van der Waals surface area contributed by atoms with Crippen LogP contribution in [0.25, 0.3) is 0 Å². The normalized spacial score (nSPS) is 9.75. The summed E-state index contributed by atoms with van der Waals surface area (Å²) in [7, 11) is 0. The standard InChI is InChI=1S/C8H10O4/c1-2-3-4-5-6(7(9)10)8(11)12/h3-5H,2H2,1H3,(H,9,10)(H,11,12). The molecule has 2 N–H and O–H groups in total. The number of carboxylic acid groups (broad SMARTS) is 2. The van der Waals surface area contributed by atoms with E-state index < -0.39 is 17.5 Å². The molecule has 0 aromatic heterocycles. The average Bonchev–Trinajstić information content (AvgIpc) is 1.96. The van der Waals surface area contributed by atoms with Gasteiger partial charge in [-0.1, -0.05) is 19.1 Å². The van der Waals surface area contributed by atoms with Crippen LogP contribution in [0.5, 0.6) is 0 Å². The monoisotopic (exact) mass is 170 g/mol. The van der Waals surface area contributed by atoms with E-state index in [-0.39, 0.29) is 0 Å². The molecule has 0 bridgehead atoms. The molecule has 0 aromatic rings. The molecule has 0 spiro atoms. The predicted molar refractivity (Wildman–Crippen MR) is 42.8 cm³/mol. The van der Waals surface area contributed by atoms with E-state index >= 15 is 0 Å². The zero-order chi connectivity index (χ0) is 9.56. The third kappa shape index (κ3) is 3.55. The van der Waals surface area contributed by atoms with Crippen molar-refractivity contribution in [2.75, 3.05) is 0 Å². The molecule has 0 aliphatic rings. The van der Waals surface area contributed by atoms with Crippen LogP contribution in [0, 0.1) is 0 Å². The number of hydrogen-bond acceptors (Lipinski definition) is 2. The number of aliphatic carboxylic acids is 2. The first kappa shape index (κ1) is 10.4. The number of carbonyl (C=O) groups is 2. The minimum absolute atomic E-state index is 0.625. The summed E-state index contributed by atoms with van der Waals surface area (Å²) in [6.45, 7) is 1.87. The van der Waals surface area contributed by atoms with Gasteiger partial charge in [0.2, 0.25) is 0 Å². The summed E-state index contributed by atoms with van der Waals surface area (Å²) in [4.78, 5) is 20.5. The van der Waals surface area contributed by atoms with E-state index in [4.69, 9.17) is 10.2 Å². The van der Waals surface area contributed by atoms with Gasteiger partial charge in [-0.25, -0.2) is 9.59 Å². The van der Waals surface area contributed by atoms with Crippen LogP contribution in [0.15, 0.2) is 23.8 Å². The Kier molecular flexibility index (Phi) is 4.45. The van der Waals surface area contributed by atoms with E-state index in [0.29, 0.717) is 0 Å². The Hall–Kier alpha value is -1.58. The highest BCUT2D eigenvalue weighted by molar-refractivity contribution is 6.12. The lowest BCUT2D eigenvalue weighted by Gasteiger charge is -1.90. The summed E-state index contributed by atoms with van der Waals surface area (Å²) in [6.07, 6.45) is 4.89. The fraction of sp³-hybridized carbons (Fsp3) is 0.250. The van der Waals surface area contributed by atoms with Crippen molar-refractivity contribution in [1.29, 1.82) is 0 Å². The molecule has 0 saturated heterocycles. The van der Waals surface area contributed by atoms with Crippen molar-refractivity contribution in [2.45, 2.75) is 13.3 Å². The maximum atomic E-state index is 10.3. The Morgan fingerprint density at radius 3 is 2.08 bits per heavy atom. The van der Waals surface area contributed by atoms with Gasteiger partial charge in [0.25, 0.3) is 0 Å². The second-order valence-corrected chi connectivity index (χ2v) is 2.03. The molecule has 4 heteroatoms. The van der Waals surface area contributed by atoms with Gasteiger partial charge >= 0.3 is 11.9 Å². The number of rotatable bonds is 4. The van der Waals surface area contributed by atoms with E-state index in [1.165, 1.54) is 6.08 Å². The van der Waals surface area contributed by atoms with Gasteiger partial charge in [-0.05, 0) is 12.5 Å². The van der Waals surface area contributed by atoms with Crippen molar-refractivity contribution in [3.63, 3.8) is 0 Å². The molecular formula is C8H10O4. The van der Waals surface area contributed by atoms with Gasteiger partial charge in [0.1, 0.15) is 5.57 Å². The highest BCUT2D eigenvalue weighted by atomic mass is 16.4. The SMILES string of the molecule is CCC=CC=C(C(=O)O)C(=O)O. The zero-order valence-electron chi connectivity index (χ0n) is 6.65. The second-order valence-electron chi connectivity index (χ2n) is 2.03. The zero-order valence-corrected chi connectivity index (χ0v) is 6.65. The quantitative estimate of drug-likeness (QED) is 0.286. The molecule has 12 heavy (non-hydrogen) atoms. The van der Waals surface area contributed by atoms with Crippen LogP contribution in [0.2, 0.25) is 0 Å². The van der Waals surface area contributed by atoms with Crippen LogP contribution in [0.4, 0.5) is 0 Å². The molecule has 0 rings (SSSR count). The molecule has 0 saturated carbocycles. The summed E-state index contributed by atoms with van der Waals surface area (Å²) in [6, 6.07) is 0. The van der Waals surface area contributed by atoms with Crippen molar-refractivity contribution < 1.29 is 19.8 Å². The van der Waals surface area contributed by atoms with E-state index in [2.05, 4.69) is 0 Å². The van der Waals surface area contributed by atoms with Crippen LogP contribution in [-0.2, 0) is 9.59 Å². The molecule has 0 heterocycles. The van der Waals surface area contributed by atoms with Gasteiger partial charge in [-0.2, -0.15) is 0 Å². The molecule has 0 atom stereocenters. The molecule has 0 unspecified atom stereocenters. The van der Waals surface area contributed by atoms with Gasteiger partial charge in [-0.15, -0.1) is 0 Å². The van der Waals surface area contributed by atoms with E-state index in [1.54, 1.807) is 6.08 Å². The Balaban J connectivity index is 4.51. The Morgan fingerprint density at radius 2 is 1.75 bits per heavy atom. The summed E-state index contributed by atoms with van der Waals surface area (Å²) in [5, 5.41) is 16.7. The fourth-order valence-corrected chi connectivity index (χ4v) is 0.534. The minimum atomic E-state index is -1.43. The molecular weight excluding hydrogens is 160 g/mol. The minimum Gasteiger partial charge on any atom is -0.477 e. The first-order valence-corrected chi connectivity index (χ1v) is 3.43. The van der Waals surface area contributed by atoms with Gasteiger partial charge in [-0.3, -0.25) is 0 Å². The van der Waals surface area contributed by atoms with E-state index in [9.17, 15) is 9.59 Å². The highest BCUT2D eigenvalue weighted by Crippen LogP contribution is 1.95. The molecule has 0 amide bonds. The Morgan fingerprint density at radius 1 is 1.25 bits per heavy atom. The summed E-state index contributed by atoms with van der Waals surface area (Å²) >= 11 is 0. The van der Waals surface area contributed by atoms with Crippen molar-refractivity contribution in [3.8, 4) is 0 Å². The number of carboxylic acids is 2. The van der Waals surface area contributed by atoms with Crippen molar-refractivity contribution >= 4 is 11.9 Å². The summed E-state index contributed by atoms with van der Waals surface area (Å²) < 4.78 is 0. The molecule has 0 fully saturated rings. The van der Waals surface area contributed by atoms with E-state index in [0.717, 1.165) is 12.5 Å². The predicted octanol–water partition coefficient (Wildman–Crippen LogP) is 1.05. The first-order valence-electron chi connectivity index (χ1n) is 3.43. The molecule has 0 aromatic carbocycles. The first-order chi connectivity index (χ1) is 5.59. The van der Waals surface area contributed by atoms with Crippen LogP contribution in [0.1, 0.15) is 13.3 Å². The molecule has 66 valence electrons. The highest BCUT2D eigenvalue weighted by Gasteiger charge is 2.13. The van der Waals surface area contributed by atoms with Crippen molar-refractivity contribution in [3.05, 3.63) is 23.8 Å². The maximum Gasteiger partial charge on any atom is 0.343 e. The molecule has 0 aliphatic carbocycles. The lowest BCUT2D eigenvalue weighted by molar-refractivity contribution is -0.140. The van der Waals surface area contributed by atoms with E-state index in [1.807, 2.05) is 6.92 Å². The topological polar surface area (TPSA) is 74.6 Å². The van der Waals surface area contributed by atoms with Gasteiger partial charge in [0, 0.05) is 0 Å². The number of allylic oxidation sites excluding steroid dienone is 3. The second kappa shape index (κ2) is 5.12. The van der Waals surface area contributed by atoms with Gasteiger partial charge in [0.15, 0.2) is 0 Å².